The SMILES string of the molecule is CO[C@H]1/C=C\O[C@@]2(C)Oc3c(C)c(OC(=O)c4ccc(Cl)cc4Cl)c4c(c3C2=O)C(=O)C(N2CCCCC2)=C(NC(=O)/C(C)=C\C=C/[C@H](C)[C@H](O)[C@@H](C)[C@H](O)[C@H](C)[C@H](OC(C)=O)[C@@H]1C)C4=O. The van der Waals surface area contributed by atoms with E-state index in [-0.39, 0.29) is 49.5 Å². The number of halogens is 2. The van der Waals surface area contributed by atoms with Crippen molar-refractivity contribution in [2.45, 2.75) is 105 Å². The minimum Gasteiger partial charge on any atom is -0.462 e. The zero-order valence-corrected chi connectivity index (χ0v) is 39.9. The molecule has 15 nitrogen and oxygen atoms in total. The fourth-order valence-electron chi connectivity index (χ4n) is 9.01. The lowest BCUT2D eigenvalue weighted by atomic mass is 9.78. The molecule has 354 valence electrons. The van der Waals surface area contributed by atoms with Crippen molar-refractivity contribution in [3.05, 3.63) is 104 Å². The highest BCUT2D eigenvalue weighted by molar-refractivity contribution is 6.37. The maximum absolute atomic E-state index is 15.3. The molecule has 7 rings (SSSR count). The monoisotopic (exact) mass is 950 g/mol. The summed E-state index contributed by atoms with van der Waals surface area (Å²) in [6, 6.07) is 4.07. The van der Waals surface area contributed by atoms with E-state index in [0.29, 0.717) is 25.9 Å². The van der Waals surface area contributed by atoms with Crippen molar-refractivity contribution in [2.75, 3.05) is 20.2 Å². The Morgan fingerprint density at radius 1 is 0.894 bits per heavy atom. The van der Waals surface area contributed by atoms with Crippen LogP contribution in [0.2, 0.25) is 10.0 Å². The van der Waals surface area contributed by atoms with Crippen LogP contribution < -0.4 is 14.8 Å². The number of allylic oxidation sites excluding steroid dienone is 4. The maximum atomic E-state index is 15.3. The van der Waals surface area contributed by atoms with Crippen molar-refractivity contribution in [2.24, 2.45) is 23.7 Å². The average Bonchev–Trinajstić information content (AvgIpc) is 3.54. The molecule has 0 saturated carbocycles. The number of esters is 2. The summed E-state index contributed by atoms with van der Waals surface area (Å²) in [5, 5.41) is 25.9. The second kappa shape index (κ2) is 20.3. The number of carbonyl (C=O) groups is 6. The van der Waals surface area contributed by atoms with Crippen LogP contribution in [0.25, 0.3) is 0 Å². The number of aliphatic hydroxyl groups is 2. The van der Waals surface area contributed by atoms with Crippen LogP contribution in [0.5, 0.6) is 11.5 Å². The number of hydrogen-bond acceptors (Lipinski definition) is 14. The van der Waals surface area contributed by atoms with E-state index in [0.717, 1.165) is 6.42 Å². The summed E-state index contributed by atoms with van der Waals surface area (Å²) >= 11 is 12.5. The number of hydrogen-bond donors (Lipinski definition) is 3. The molecule has 5 aliphatic rings. The van der Waals surface area contributed by atoms with Gasteiger partial charge in [-0.3, -0.25) is 24.0 Å². The Balaban J connectivity index is 1.56. The number of benzene rings is 2. The average molecular weight is 952 g/mol. The Morgan fingerprint density at radius 2 is 1.58 bits per heavy atom. The van der Waals surface area contributed by atoms with Crippen LogP contribution in [-0.2, 0) is 23.8 Å². The topological polar surface area (TPSA) is 204 Å². The lowest BCUT2D eigenvalue weighted by Gasteiger charge is -2.38. The molecule has 9 atom stereocenters. The summed E-state index contributed by atoms with van der Waals surface area (Å²) in [6.07, 6.45) is 5.45. The molecule has 1 fully saturated rings. The first-order chi connectivity index (χ1) is 31.1. The number of likely N-dealkylation sites (tertiary alicyclic amines) is 1. The Morgan fingerprint density at radius 3 is 2.21 bits per heavy atom. The third kappa shape index (κ3) is 9.73. The van der Waals surface area contributed by atoms with E-state index in [2.05, 4.69) is 5.32 Å². The van der Waals surface area contributed by atoms with Gasteiger partial charge in [0, 0.05) is 73.9 Å². The molecule has 17 heteroatoms. The van der Waals surface area contributed by atoms with Gasteiger partial charge in [0.1, 0.15) is 29.0 Å². The molecule has 0 aromatic heterocycles. The summed E-state index contributed by atoms with van der Waals surface area (Å²) in [6.45, 7) is 13.1. The molecular formula is C49H56Cl2N2O13. The number of amides is 1. The molecule has 2 aromatic rings. The third-order valence-corrected chi connectivity index (χ3v) is 13.5. The Labute approximate surface area is 393 Å². The van der Waals surface area contributed by atoms with E-state index in [1.54, 1.807) is 44.7 Å². The van der Waals surface area contributed by atoms with Crippen LogP contribution >= 0.6 is 23.2 Å². The fourth-order valence-corrected chi connectivity index (χ4v) is 9.50. The molecular weight excluding hydrogens is 895 g/mol. The highest BCUT2D eigenvalue weighted by Crippen LogP contribution is 2.50. The molecule has 1 aliphatic carbocycles. The number of carbonyl (C=O) groups excluding carboxylic acids is 6. The molecule has 1 amide bonds. The van der Waals surface area contributed by atoms with Gasteiger partial charge in [0.25, 0.3) is 11.7 Å². The molecule has 2 aromatic carbocycles. The Bertz CT molecular complexity index is 2450. The molecule has 0 spiro atoms. The van der Waals surface area contributed by atoms with Gasteiger partial charge in [-0.2, -0.15) is 0 Å². The predicted octanol–water partition coefficient (Wildman–Crippen LogP) is 7.26. The first kappa shape index (κ1) is 50.1. The van der Waals surface area contributed by atoms with E-state index in [4.69, 9.17) is 46.9 Å². The van der Waals surface area contributed by atoms with Gasteiger partial charge in [-0.25, -0.2) is 4.79 Å². The normalized spacial score (nSPS) is 30.4. The van der Waals surface area contributed by atoms with E-state index >= 15 is 9.59 Å². The molecule has 3 N–H and O–H groups in total. The van der Waals surface area contributed by atoms with Crippen LogP contribution in [0.15, 0.2) is 65.7 Å². The van der Waals surface area contributed by atoms with Crippen LogP contribution in [0.4, 0.5) is 0 Å². The molecule has 66 heavy (non-hydrogen) atoms. The highest BCUT2D eigenvalue weighted by Gasteiger charge is 2.53. The largest absolute Gasteiger partial charge is 0.462 e. The number of ether oxygens (including phenoxy) is 5. The van der Waals surface area contributed by atoms with Crippen LogP contribution in [0, 0.1) is 30.6 Å². The minimum atomic E-state index is -2.17. The van der Waals surface area contributed by atoms with Crippen molar-refractivity contribution >= 4 is 58.4 Å². The first-order valence-electron chi connectivity index (χ1n) is 21.9. The number of nitrogens with zero attached hydrogens (tertiary/aromatic N) is 1. The highest BCUT2D eigenvalue weighted by atomic mass is 35.5. The van der Waals surface area contributed by atoms with Gasteiger partial charge in [0.15, 0.2) is 0 Å². The molecule has 4 aliphatic heterocycles. The van der Waals surface area contributed by atoms with E-state index in [1.807, 2.05) is 0 Å². The van der Waals surface area contributed by atoms with Gasteiger partial charge >= 0.3 is 17.7 Å². The molecule has 4 heterocycles. The Hall–Kier alpha value is -5.32. The fraction of sp³-hybridized carbons (Fsp3) is 0.469. The third-order valence-electron chi connectivity index (χ3n) is 12.9. The van der Waals surface area contributed by atoms with E-state index in [1.165, 1.54) is 71.4 Å². The zero-order valence-electron chi connectivity index (χ0n) is 38.4. The van der Waals surface area contributed by atoms with Gasteiger partial charge in [0.2, 0.25) is 11.6 Å². The van der Waals surface area contributed by atoms with Crippen LogP contribution in [-0.4, -0.2) is 101 Å². The van der Waals surface area contributed by atoms with Gasteiger partial charge in [-0.1, -0.05) is 69.1 Å². The number of ketones is 3. The smallest absolute Gasteiger partial charge is 0.345 e. The number of Topliss-reactive ketones (excluding diaryl/α,β-unsaturated/α-hetero) is 3. The molecule has 1 saturated heterocycles. The number of piperidine rings is 1. The lowest BCUT2D eigenvalue weighted by molar-refractivity contribution is -0.160. The van der Waals surface area contributed by atoms with Gasteiger partial charge < -0.3 is 44.1 Å². The van der Waals surface area contributed by atoms with Crippen molar-refractivity contribution < 1.29 is 62.7 Å². The van der Waals surface area contributed by atoms with E-state index < -0.39 is 106 Å². The number of aliphatic hydroxyl groups excluding tert-OH is 2. The maximum Gasteiger partial charge on any atom is 0.345 e. The molecule has 0 unspecified atom stereocenters. The van der Waals surface area contributed by atoms with Crippen molar-refractivity contribution in [1.82, 2.24) is 10.2 Å². The molecule has 0 radical (unpaired) electrons. The summed E-state index contributed by atoms with van der Waals surface area (Å²) in [5.41, 5.74) is -1.72. The summed E-state index contributed by atoms with van der Waals surface area (Å²) < 4.78 is 29.9. The molecule has 5 bridgehead atoms. The zero-order chi connectivity index (χ0) is 48.5. The standard InChI is InChI=1S/C49H56Cl2N2O13/c1-23-14-13-15-24(2)47(60)52-37-38(53-19-11-10-12-20-53)42(58)34-35(41(37)57)44(65-48(61)31-17-16-30(50)22-32(31)51)28(6)45-36(34)46(59)49(8,66-45)63-21-18-33(62-9)25(3)43(64-29(7)54)27(5)40(56)26(4)39(23)55/h13-18,21-23,25-27,33,39-40,43,55-56H,10-12,19-20H2,1-9H3,(H,52,60)/b14-13-,21-18-,24-15-/t23-,25+,26+,27-,33-,39-,40-,43+,49-/m0/s1. The second-order valence-corrected chi connectivity index (χ2v) is 18.4. The van der Waals surface area contributed by atoms with Crippen LogP contribution in [0.3, 0.4) is 0 Å². The van der Waals surface area contributed by atoms with Crippen molar-refractivity contribution in [3.8, 4) is 11.5 Å². The summed E-state index contributed by atoms with van der Waals surface area (Å²) in [5.74, 6) is -10.4. The Kier molecular flexibility index (Phi) is 15.4. The lowest BCUT2D eigenvalue weighted by Crippen LogP contribution is -2.46. The van der Waals surface area contributed by atoms with Crippen molar-refractivity contribution in [3.63, 3.8) is 0 Å². The number of fused-ring (bicyclic) bond motifs is 14. The van der Waals surface area contributed by atoms with Gasteiger partial charge in [-0.15, -0.1) is 0 Å². The summed E-state index contributed by atoms with van der Waals surface area (Å²) in [7, 11) is 1.42. The van der Waals surface area contributed by atoms with Crippen molar-refractivity contribution in [1.29, 1.82) is 0 Å². The second-order valence-electron chi connectivity index (χ2n) is 17.6. The van der Waals surface area contributed by atoms with Crippen LogP contribution in [0.1, 0.15) is 115 Å². The van der Waals surface area contributed by atoms with E-state index in [9.17, 15) is 29.4 Å². The van der Waals surface area contributed by atoms with Gasteiger partial charge in [0.05, 0.1) is 51.9 Å². The summed E-state index contributed by atoms with van der Waals surface area (Å²) in [4.78, 5) is 87.4. The number of methoxy groups -OCH3 is 1. The number of rotatable bonds is 5. The minimum absolute atomic E-state index is 0.0162. The number of nitrogens with one attached hydrogen (secondary N) is 1. The quantitative estimate of drug-likeness (QED) is 0.199. The van der Waals surface area contributed by atoms with Gasteiger partial charge in [-0.05, 0) is 57.4 Å². The predicted molar refractivity (Wildman–Crippen MR) is 243 cm³/mol. The first-order valence-corrected chi connectivity index (χ1v) is 22.7.